The van der Waals surface area contributed by atoms with Crippen LogP contribution in [0.1, 0.15) is 130 Å². The van der Waals surface area contributed by atoms with Crippen LogP contribution in [0.15, 0.2) is 0 Å². The van der Waals surface area contributed by atoms with E-state index in [4.69, 9.17) is 22.7 Å². The molecule has 0 aromatic heterocycles. The van der Waals surface area contributed by atoms with Crippen molar-refractivity contribution < 1.29 is 4.74 Å². The molecule has 150 valence electrons. The van der Waals surface area contributed by atoms with Crippen LogP contribution in [-0.2, 0) is 4.74 Å². The summed E-state index contributed by atoms with van der Waals surface area (Å²) in [7, 11) is 0. The molecule has 0 aromatic rings. The fourth-order valence-corrected chi connectivity index (χ4v) is 3.65. The summed E-state index contributed by atoms with van der Waals surface area (Å²) >= 11 is 4.81. The lowest BCUT2D eigenvalue weighted by atomic mass is 9.99. The Bertz CT molecular complexity index is 304. The quantitative estimate of drug-likeness (QED) is 0.198. The maximum Gasteiger partial charge on any atom is 0.254 e. The molecule has 0 spiro atoms. The van der Waals surface area contributed by atoms with Gasteiger partial charge < -0.3 is 10.5 Å². The Morgan fingerprint density at radius 2 is 1.00 bits per heavy atom. The first-order valence-electron chi connectivity index (χ1n) is 11.0. The summed E-state index contributed by atoms with van der Waals surface area (Å²) in [6.45, 7) is 6.42. The first-order chi connectivity index (χ1) is 12.0. The van der Waals surface area contributed by atoms with Crippen LogP contribution in [0, 0.1) is 0 Å². The van der Waals surface area contributed by atoms with E-state index < -0.39 is 0 Å². The first-order valence-corrected chi connectivity index (χ1v) is 11.4. The van der Waals surface area contributed by atoms with E-state index in [2.05, 4.69) is 20.8 Å². The standard InChI is InChI=1S/C22H45NOS/c1-4-5-6-7-8-9-10-11-12-13-14-15-16-17-18-19-20-22(2,3)24-21(23)25/h4-20H2,1-3H3,(H2,23,25). The van der Waals surface area contributed by atoms with Crippen LogP contribution < -0.4 is 5.73 Å². The van der Waals surface area contributed by atoms with Gasteiger partial charge in [0.25, 0.3) is 5.17 Å². The van der Waals surface area contributed by atoms with Crippen LogP contribution in [0.2, 0.25) is 0 Å². The number of unbranched alkanes of at least 4 members (excludes halogenated alkanes) is 15. The lowest BCUT2D eigenvalue weighted by molar-refractivity contribution is 0.0849. The molecule has 0 unspecified atom stereocenters. The molecule has 2 N–H and O–H groups in total. The van der Waals surface area contributed by atoms with Gasteiger partial charge in [0.1, 0.15) is 5.60 Å². The molecule has 0 aliphatic heterocycles. The minimum Gasteiger partial charge on any atom is -0.465 e. The summed E-state index contributed by atoms with van der Waals surface area (Å²) in [5.74, 6) is 0. The second-order valence-corrected chi connectivity index (χ2v) is 8.64. The second kappa shape index (κ2) is 17.1. The number of ether oxygens (including phenoxy) is 1. The zero-order chi connectivity index (χ0) is 18.8. The van der Waals surface area contributed by atoms with Gasteiger partial charge in [-0.25, -0.2) is 0 Å². The van der Waals surface area contributed by atoms with Gasteiger partial charge in [0, 0.05) is 0 Å². The second-order valence-electron chi connectivity index (χ2n) is 8.23. The third kappa shape index (κ3) is 19.9. The van der Waals surface area contributed by atoms with Crippen molar-refractivity contribution in [1.82, 2.24) is 0 Å². The highest BCUT2D eigenvalue weighted by atomic mass is 32.1. The Morgan fingerprint density at radius 3 is 1.32 bits per heavy atom. The molecule has 25 heavy (non-hydrogen) atoms. The van der Waals surface area contributed by atoms with Crippen LogP contribution >= 0.6 is 12.2 Å². The van der Waals surface area contributed by atoms with Crippen molar-refractivity contribution in [3.8, 4) is 0 Å². The van der Waals surface area contributed by atoms with Crippen molar-refractivity contribution in [2.45, 2.75) is 136 Å². The van der Waals surface area contributed by atoms with Gasteiger partial charge in [-0.1, -0.05) is 103 Å². The number of nitrogens with two attached hydrogens (primary N) is 1. The van der Waals surface area contributed by atoms with E-state index in [1.54, 1.807) is 0 Å². The third-order valence-electron chi connectivity index (χ3n) is 5.01. The highest BCUT2D eigenvalue weighted by Crippen LogP contribution is 2.20. The number of hydrogen-bond acceptors (Lipinski definition) is 2. The molecule has 0 heterocycles. The average Bonchev–Trinajstić information content (AvgIpc) is 2.53. The lowest BCUT2D eigenvalue weighted by Gasteiger charge is -2.25. The summed E-state index contributed by atoms with van der Waals surface area (Å²) in [5, 5.41) is 0.168. The maximum absolute atomic E-state index is 5.47. The molecule has 3 heteroatoms. The van der Waals surface area contributed by atoms with Gasteiger partial charge in [-0.05, 0) is 38.9 Å². The van der Waals surface area contributed by atoms with Crippen LogP contribution in [0.5, 0.6) is 0 Å². The van der Waals surface area contributed by atoms with Crippen molar-refractivity contribution in [3.05, 3.63) is 0 Å². The number of rotatable bonds is 18. The lowest BCUT2D eigenvalue weighted by Crippen LogP contribution is -2.30. The summed E-state index contributed by atoms with van der Waals surface area (Å²) in [4.78, 5) is 0. The normalized spacial score (nSPS) is 11.6. The Kier molecular flexibility index (Phi) is 16.9. The Hall–Kier alpha value is -0.310. The molecule has 0 fully saturated rings. The van der Waals surface area contributed by atoms with Crippen molar-refractivity contribution in [1.29, 1.82) is 0 Å². The Morgan fingerprint density at radius 1 is 0.680 bits per heavy atom. The molecule has 0 rings (SSSR count). The summed E-state index contributed by atoms with van der Waals surface area (Å²) in [5.41, 5.74) is 5.24. The number of hydrogen-bond donors (Lipinski definition) is 1. The van der Waals surface area contributed by atoms with Crippen LogP contribution in [0.25, 0.3) is 0 Å². The fraction of sp³-hybridized carbons (Fsp3) is 0.955. The van der Waals surface area contributed by atoms with E-state index in [1.165, 1.54) is 103 Å². The predicted molar refractivity (Wildman–Crippen MR) is 116 cm³/mol. The molecule has 0 saturated heterocycles. The first kappa shape index (κ1) is 24.7. The predicted octanol–water partition coefficient (Wildman–Crippen LogP) is 7.68. The molecule has 0 atom stereocenters. The van der Waals surface area contributed by atoms with E-state index in [1.807, 2.05) is 0 Å². The van der Waals surface area contributed by atoms with Crippen molar-refractivity contribution >= 4 is 17.4 Å². The minimum absolute atomic E-state index is 0.168. The molecule has 0 saturated carbocycles. The molecular formula is C22H45NOS. The zero-order valence-electron chi connectivity index (χ0n) is 17.4. The van der Waals surface area contributed by atoms with Gasteiger partial charge in [0.15, 0.2) is 0 Å². The SMILES string of the molecule is CCCCCCCCCCCCCCCCCCC(C)(C)OC(N)=S. The molecule has 0 aliphatic rings. The van der Waals surface area contributed by atoms with E-state index in [0.717, 1.165) is 6.42 Å². The fourth-order valence-electron chi connectivity index (χ4n) is 3.42. The van der Waals surface area contributed by atoms with Gasteiger partial charge in [-0.3, -0.25) is 0 Å². The average molecular weight is 372 g/mol. The van der Waals surface area contributed by atoms with Crippen LogP contribution in [0.4, 0.5) is 0 Å². The summed E-state index contributed by atoms with van der Waals surface area (Å²) < 4.78 is 5.47. The topological polar surface area (TPSA) is 35.2 Å². The van der Waals surface area contributed by atoms with Gasteiger partial charge in [0.2, 0.25) is 0 Å². The summed E-state index contributed by atoms with van der Waals surface area (Å²) in [6.07, 6.45) is 23.5. The molecule has 0 bridgehead atoms. The van der Waals surface area contributed by atoms with Crippen LogP contribution in [-0.4, -0.2) is 10.8 Å². The monoisotopic (exact) mass is 371 g/mol. The zero-order valence-corrected chi connectivity index (χ0v) is 18.2. The summed E-state index contributed by atoms with van der Waals surface area (Å²) in [6, 6.07) is 0. The van der Waals surface area contributed by atoms with Crippen LogP contribution in [0.3, 0.4) is 0 Å². The maximum atomic E-state index is 5.47. The van der Waals surface area contributed by atoms with E-state index in [9.17, 15) is 0 Å². The van der Waals surface area contributed by atoms with E-state index in [-0.39, 0.29) is 10.8 Å². The van der Waals surface area contributed by atoms with Gasteiger partial charge in [0.05, 0.1) is 0 Å². The van der Waals surface area contributed by atoms with Gasteiger partial charge in [-0.15, -0.1) is 0 Å². The highest BCUT2D eigenvalue weighted by molar-refractivity contribution is 7.80. The smallest absolute Gasteiger partial charge is 0.254 e. The Labute approximate surface area is 163 Å². The third-order valence-corrected chi connectivity index (χ3v) is 5.09. The van der Waals surface area contributed by atoms with Gasteiger partial charge >= 0.3 is 0 Å². The largest absolute Gasteiger partial charge is 0.465 e. The van der Waals surface area contributed by atoms with E-state index >= 15 is 0 Å². The Balaban J connectivity index is 3.18. The molecule has 0 aliphatic carbocycles. The minimum atomic E-state index is -0.207. The molecule has 0 amide bonds. The number of thiocarbonyl (C=S) groups is 1. The van der Waals surface area contributed by atoms with Crippen molar-refractivity contribution in [2.75, 3.05) is 0 Å². The molecular weight excluding hydrogens is 326 g/mol. The molecule has 0 radical (unpaired) electrons. The van der Waals surface area contributed by atoms with E-state index in [0.29, 0.717) is 0 Å². The molecule has 2 nitrogen and oxygen atoms in total. The van der Waals surface area contributed by atoms with Crippen molar-refractivity contribution in [3.63, 3.8) is 0 Å². The highest BCUT2D eigenvalue weighted by Gasteiger charge is 2.19. The van der Waals surface area contributed by atoms with Crippen molar-refractivity contribution in [2.24, 2.45) is 5.73 Å². The van der Waals surface area contributed by atoms with Gasteiger partial charge in [-0.2, -0.15) is 0 Å². The molecule has 0 aromatic carbocycles.